The largest absolute Gasteiger partial charge is 0.305 e. The Hall–Kier alpha value is 0.137. The Labute approximate surface area is 53.4 Å². The highest BCUT2D eigenvalue weighted by Gasteiger charge is 2.19. The summed E-state index contributed by atoms with van der Waals surface area (Å²) in [6.45, 7) is 8.25. The Bertz CT molecular complexity index is 62.8. The summed E-state index contributed by atoms with van der Waals surface area (Å²) < 4.78 is 5.09. The van der Waals surface area contributed by atoms with Crippen LogP contribution in [0.15, 0.2) is 0 Å². The van der Waals surface area contributed by atoms with Crippen LogP contribution < -0.4 is 0 Å². The Morgan fingerprint density at radius 2 is 1.62 bits per heavy atom. The van der Waals surface area contributed by atoms with Crippen LogP contribution in [0.4, 0.5) is 0 Å². The summed E-state index contributed by atoms with van der Waals surface area (Å²) in [5.41, 5.74) is 0. The van der Waals surface area contributed by atoms with Crippen LogP contribution in [-0.4, -0.2) is 38.7 Å². The van der Waals surface area contributed by atoms with Crippen LogP contribution in [0.5, 0.6) is 0 Å². The van der Waals surface area contributed by atoms with E-state index in [9.17, 15) is 0 Å². The Morgan fingerprint density at radius 1 is 1.25 bits per heavy atom. The third-order valence-electron chi connectivity index (χ3n) is 1.69. The van der Waals surface area contributed by atoms with Crippen molar-refractivity contribution in [1.29, 1.82) is 0 Å². The minimum Gasteiger partial charge on any atom is -0.305 e. The number of nitrogens with zero attached hydrogens (tertiary/aromatic N) is 2. The van der Waals surface area contributed by atoms with Gasteiger partial charge in [0.15, 0.2) is 9.84 Å². The second-order valence-electron chi connectivity index (χ2n) is 2.26. The molecule has 0 spiro atoms. The summed E-state index contributed by atoms with van der Waals surface area (Å²) in [5, 5.41) is 0. The maximum Gasteiger partial charge on any atom is 0.174 e. The predicted molar refractivity (Wildman–Crippen MR) is 38.2 cm³/mol. The van der Waals surface area contributed by atoms with Crippen molar-refractivity contribution in [1.82, 2.24) is 9.13 Å². The standard InChI is InChI=1S/C5H14N2Si/c1-3-6-5-7(4-2)8-6/h3-5,8H2,1-2H3. The van der Waals surface area contributed by atoms with Gasteiger partial charge in [0.25, 0.3) is 0 Å². The van der Waals surface area contributed by atoms with Crippen molar-refractivity contribution < 1.29 is 0 Å². The Kier molecular flexibility index (Phi) is 2.05. The molecule has 3 heteroatoms. The second kappa shape index (κ2) is 2.62. The molecule has 1 heterocycles. The zero-order valence-corrected chi connectivity index (χ0v) is 7.14. The van der Waals surface area contributed by atoms with E-state index in [1.807, 2.05) is 0 Å². The fourth-order valence-electron chi connectivity index (χ4n) is 0.924. The van der Waals surface area contributed by atoms with Gasteiger partial charge < -0.3 is 9.13 Å². The summed E-state index contributed by atoms with van der Waals surface area (Å²) in [5.74, 6) is 0. The lowest BCUT2D eigenvalue weighted by Crippen LogP contribution is -2.57. The zero-order valence-electron chi connectivity index (χ0n) is 5.72. The third kappa shape index (κ3) is 1.10. The molecule has 0 radical (unpaired) electrons. The SMILES string of the molecule is CCN1CN(CC)[SiH2]1. The van der Waals surface area contributed by atoms with Crippen LogP contribution in [-0.2, 0) is 0 Å². The van der Waals surface area contributed by atoms with Crippen molar-refractivity contribution in [3.8, 4) is 0 Å². The average molecular weight is 130 g/mol. The van der Waals surface area contributed by atoms with Gasteiger partial charge in [-0.3, -0.25) is 0 Å². The highest BCUT2D eigenvalue weighted by molar-refractivity contribution is 6.31. The summed E-state index contributed by atoms with van der Waals surface area (Å²) in [6, 6.07) is 0. The van der Waals surface area contributed by atoms with Crippen LogP contribution in [0.3, 0.4) is 0 Å². The number of hydrogen-bond donors (Lipinski definition) is 0. The van der Waals surface area contributed by atoms with Crippen LogP contribution in [0.25, 0.3) is 0 Å². The molecule has 0 aromatic carbocycles. The lowest BCUT2D eigenvalue weighted by molar-refractivity contribution is 0.215. The van der Waals surface area contributed by atoms with E-state index in [2.05, 4.69) is 23.0 Å². The van der Waals surface area contributed by atoms with Crippen molar-refractivity contribution >= 4 is 9.84 Å². The van der Waals surface area contributed by atoms with Crippen molar-refractivity contribution in [2.45, 2.75) is 13.8 Å². The molecular formula is C5H14N2Si. The van der Waals surface area contributed by atoms with E-state index >= 15 is 0 Å². The fourth-order valence-corrected chi connectivity index (χ4v) is 2.23. The highest BCUT2D eigenvalue weighted by atomic mass is 28.2. The molecule has 0 bridgehead atoms. The van der Waals surface area contributed by atoms with Gasteiger partial charge >= 0.3 is 0 Å². The number of rotatable bonds is 2. The molecule has 0 aromatic heterocycles. The van der Waals surface area contributed by atoms with Crippen LogP contribution >= 0.6 is 0 Å². The van der Waals surface area contributed by atoms with Gasteiger partial charge in [-0.1, -0.05) is 13.8 Å². The van der Waals surface area contributed by atoms with Gasteiger partial charge in [0.1, 0.15) is 0 Å². The van der Waals surface area contributed by atoms with E-state index in [1.54, 1.807) is 0 Å². The van der Waals surface area contributed by atoms with Crippen molar-refractivity contribution in [3.63, 3.8) is 0 Å². The molecule has 1 rings (SSSR count). The van der Waals surface area contributed by atoms with Gasteiger partial charge in [-0.25, -0.2) is 0 Å². The summed E-state index contributed by atoms with van der Waals surface area (Å²) in [7, 11) is 0.0995. The summed E-state index contributed by atoms with van der Waals surface area (Å²) >= 11 is 0. The molecular weight excluding hydrogens is 116 g/mol. The van der Waals surface area contributed by atoms with E-state index in [-0.39, 0.29) is 9.84 Å². The predicted octanol–water partition coefficient (Wildman–Crippen LogP) is -0.400. The van der Waals surface area contributed by atoms with Crippen LogP contribution in [0.1, 0.15) is 13.8 Å². The van der Waals surface area contributed by atoms with E-state index in [1.165, 1.54) is 19.8 Å². The maximum absolute atomic E-state index is 2.55. The van der Waals surface area contributed by atoms with Gasteiger partial charge in [-0.05, 0) is 13.1 Å². The minimum atomic E-state index is 0.0995. The van der Waals surface area contributed by atoms with Crippen molar-refractivity contribution in [3.05, 3.63) is 0 Å². The molecule has 0 N–H and O–H groups in total. The molecule has 0 saturated carbocycles. The first-order chi connectivity index (χ1) is 3.86. The maximum atomic E-state index is 2.55. The zero-order chi connectivity index (χ0) is 5.98. The topological polar surface area (TPSA) is 6.48 Å². The average Bonchev–Trinajstić information content (AvgIpc) is 1.65. The van der Waals surface area contributed by atoms with Gasteiger partial charge in [0, 0.05) is 6.67 Å². The fraction of sp³-hybridized carbons (Fsp3) is 1.00. The van der Waals surface area contributed by atoms with E-state index in [0.29, 0.717) is 0 Å². The van der Waals surface area contributed by atoms with Crippen LogP contribution in [0.2, 0.25) is 0 Å². The highest BCUT2D eigenvalue weighted by Crippen LogP contribution is 2.02. The molecule has 0 amide bonds. The van der Waals surface area contributed by atoms with Crippen molar-refractivity contribution in [2.24, 2.45) is 0 Å². The molecule has 1 saturated heterocycles. The first-order valence-corrected chi connectivity index (χ1v) is 4.58. The molecule has 0 atom stereocenters. The first-order valence-electron chi connectivity index (χ1n) is 3.31. The monoisotopic (exact) mass is 130 g/mol. The smallest absolute Gasteiger partial charge is 0.174 e. The normalized spacial score (nSPS) is 23.2. The number of hydrogen-bond acceptors (Lipinski definition) is 2. The molecule has 0 unspecified atom stereocenters. The van der Waals surface area contributed by atoms with E-state index in [0.717, 1.165) is 0 Å². The lowest BCUT2D eigenvalue weighted by atomic mass is 10.7. The molecule has 2 nitrogen and oxygen atoms in total. The summed E-state index contributed by atoms with van der Waals surface area (Å²) in [6.07, 6.45) is 0. The quantitative estimate of drug-likeness (QED) is 0.469. The minimum absolute atomic E-state index is 0.0995. The molecule has 1 aliphatic heterocycles. The molecule has 8 heavy (non-hydrogen) atoms. The van der Waals surface area contributed by atoms with Gasteiger partial charge in [-0.15, -0.1) is 0 Å². The van der Waals surface area contributed by atoms with Gasteiger partial charge in [0.2, 0.25) is 0 Å². The first kappa shape index (κ1) is 6.26. The molecule has 0 aliphatic carbocycles. The van der Waals surface area contributed by atoms with Crippen molar-refractivity contribution in [2.75, 3.05) is 19.8 Å². The molecule has 1 aliphatic rings. The lowest BCUT2D eigenvalue weighted by Gasteiger charge is -2.40. The van der Waals surface area contributed by atoms with Gasteiger partial charge in [0.05, 0.1) is 0 Å². The second-order valence-corrected chi connectivity index (χ2v) is 4.33. The van der Waals surface area contributed by atoms with Crippen LogP contribution in [0, 0.1) is 0 Å². The third-order valence-corrected chi connectivity index (χ3v) is 3.79. The summed E-state index contributed by atoms with van der Waals surface area (Å²) in [4.78, 5) is 0. The Morgan fingerprint density at radius 3 is 1.88 bits per heavy atom. The molecule has 0 aromatic rings. The van der Waals surface area contributed by atoms with E-state index < -0.39 is 0 Å². The molecule has 1 fully saturated rings. The van der Waals surface area contributed by atoms with Gasteiger partial charge in [-0.2, -0.15) is 0 Å². The Balaban J connectivity index is 2.03. The molecule has 48 valence electrons. The van der Waals surface area contributed by atoms with E-state index in [4.69, 9.17) is 0 Å².